The molecule has 0 atom stereocenters. The molecule has 1 aliphatic rings. The van der Waals surface area contributed by atoms with Crippen LogP contribution in [0.2, 0.25) is 0 Å². The van der Waals surface area contributed by atoms with E-state index in [9.17, 15) is 4.79 Å². The van der Waals surface area contributed by atoms with Crippen LogP contribution in [0.25, 0.3) is 0 Å². The van der Waals surface area contributed by atoms with E-state index in [1.807, 2.05) is 6.07 Å². The zero-order valence-corrected chi connectivity index (χ0v) is 14.8. The third-order valence-corrected chi connectivity index (χ3v) is 3.85. The van der Waals surface area contributed by atoms with E-state index in [4.69, 9.17) is 29.3 Å². The summed E-state index contributed by atoms with van der Waals surface area (Å²) in [4.78, 5) is 31.7. The van der Waals surface area contributed by atoms with Crippen LogP contribution in [0.1, 0.15) is 36.0 Å². The molecule has 1 aromatic carbocycles. The summed E-state index contributed by atoms with van der Waals surface area (Å²) >= 11 is 0. The van der Waals surface area contributed by atoms with Crippen molar-refractivity contribution in [3.05, 3.63) is 23.8 Å². The monoisotopic (exact) mass is 367 g/mol. The second-order valence-corrected chi connectivity index (χ2v) is 5.71. The molecule has 0 bridgehead atoms. The number of benzene rings is 1. The van der Waals surface area contributed by atoms with Crippen molar-refractivity contribution in [1.82, 2.24) is 4.90 Å². The summed E-state index contributed by atoms with van der Waals surface area (Å²) in [6, 6.07) is 5.35. The minimum atomic E-state index is -1.82. The van der Waals surface area contributed by atoms with Crippen molar-refractivity contribution >= 4 is 18.2 Å². The van der Waals surface area contributed by atoms with E-state index in [-0.39, 0.29) is 0 Å². The minimum absolute atomic E-state index is 0.544. The van der Waals surface area contributed by atoms with Crippen molar-refractivity contribution in [3.63, 3.8) is 0 Å². The van der Waals surface area contributed by atoms with Gasteiger partial charge in [0.05, 0.1) is 19.3 Å². The molecule has 1 aromatic rings. The van der Waals surface area contributed by atoms with Crippen molar-refractivity contribution in [2.24, 2.45) is 0 Å². The molecule has 144 valence electrons. The van der Waals surface area contributed by atoms with Gasteiger partial charge >= 0.3 is 11.9 Å². The quantitative estimate of drug-likeness (QED) is 0.427. The molecule has 8 heteroatoms. The van der Waals surface area contributed by atoms with E-state index in [1.165, 1.54) is 32.4 Å². The zero-order chi connectivity index (χ0) is 19.4. The molecule has 0 aliphatic carbocycles. The molecule has 1 aliphatic heterocycles. The third kappa shape index (κ3) is 7.52. The van der Waals surface area contributed by atoms with Crippen LogP contribution < -0.4 is 9.47 Å². The molecular formula is C18H25NO7. The molecule has 26 heavy (non-hydrogen) atoms. The van der Waals surface area contributed by atoms with Crippen LogP contribution in [0.5, 0.6) is 11.5 Å². The van der Waals surface area contributed by atoms with Crippen molar-refractivity contribution < 1.29 is 34.1 Å². The highest BCUT2D eigenvalue weighted by molar-refractivity contribution is 6.27. The number of carbonyl (C=O) groups is 3. The lowest BCUT2D eigenvalue weighted by Gasteiger charge is -2.26. The van der Waals surface area contributed by atoms with Gasteiger partial charge in [-0.15, -0.1) is 0 Å². The van der Waals surface area contributed by atoms with Crippen LogP contribution in [0, 0.1) is 0 Å². The number of aldehydes is 1. The highest BCUT2D eigenvalue weighted by Crippen LogP contribution is 2.30. The van der Waals surface area contributed by atoms with E-state index < -0.39 is 11.9 Å². The molecule has 0 saturated carbocycles. The molecule has 2 rings (SSSR count). The fraction of sp³-hybridized carbons (Fsp3) is 0.500. The van der Waals surface area contributed by atoms with Gasteiger partial charge in [-0.3, -0.25) is 4.79 Å². The summed E-state index contributed by atoms with van der Waals surface area (Å²) in [5.41, 5.74) is 0.544. The fourth-order valence-corrected chi connectivity index (χ4v) is 2.59. The number of hydrogen-bond donors (Lipinski definition) is 2. The van der Waals surface area contributed by atoms with Crippen molar-refractivity contribution in [1.29, 1.82) is 0 Å². The maximum Gasteiger partial charge on any atom is 0.414 e. The Labute approximate surface area is 152 Å². The summed E-state index contributed by atoms with van der Waals surface area (Å²) in [6.45, 7) is 4.08. The second-order valence-electron chi connectivity index (χ2n) is 5.71. The lowest BCUT2D eigenvalue weighted by molar-refractivity contribution is -0.159. The number of piperidine rings is 1. The number of ether oxygens (including phenoxy) is 2. The van der Waals surface area contributed by atoms with Crippen LogP contribution >= 0.6 is 0 Å². The first kappa shape index (κ1) is 21.4. The number of likely N-dealkylation sites (tertiary alicyclic amines) is 1. The second kappa shape index (κ2) is 11.9. The maximum atomic E-state index is 11.0. The number of para-hydroxylation sites is 1. The van der Waals surface area contributed by atoms with Gasteiger partial charge in [-0.1, -0.05) is 12.5 Å². The highest BCUT2D eigenvalue weighted by Gasteiger charge is 2.12. The minimum Gasteiger partial charge on any atom is -0.493 e. The Morgan fingerprint density at radius 2 is 1.81 bits per heavy atom. The first-order chi connectivity index (χ1) is 12.5. The van der Waals surface area contributed by atoms with Crippen molar-refractivity contribution in [3.8, 4) is 11.5 Å². The topological polar surface area (TPSA) is 113 Å². The van der Waals surface area contributed by atoms with Crippen molar-refractivity contribution in [2.45, 2.75) is 25.7 Å². The van der Waals surface area contributed by atoms with Crippen LogP contribution in [0.15, 0.2) is 18.2 Å². The van der Waals surface area contributed by atoms with Gasteiger partial charge in [0.15, 0.2) is 17.8 Å². The third-order valence-electron chi connectivity index (χ3n) is 3.85. The molecule has 8 nitrogen and oxygen atoms in total. The Morgan fingerprint density at radius 1 is 1.15 bits per heavy atom. The summed E-state index contributed by atoms with van der Waals surface area (Å²) in [6.07, 6.45) is 5.75. The predicted octanol–water partition coefficient (Wildman–Crippen LogP) is 1.92. The average molecular weight is 367 g/mol. The van der Waals surface area contributed by atoms with Crippen LogP contribution in [-0.2, 0) is 9.59 Å². The molecule has 2 N–H and O–H groups in total. The Balaban J connectivity index is 0.000000487. The highest BCUT2D eigenvalue weighted by atomic mass is 16.5. The van der Waals surface area contributed by atoms with Gasteiger partial charge in [0.2, 0.25) is 0 Å². The summed E-state index contributed by atoms with van der Waals surface area (Å²) in [5, 5.41) is 14.8. The van der Waals surface area contributed by atoms with Gasteiger partial charge in [0, 0.05) is 6.54 Å². The van der Waals surface area contributed by atoms with Gasteiger partial charge in [-0.05, 0) is 44.5 Å². The van der Waals surface area contributed by atoms with Crippen LogP contribution in [-0.4, -0.2) is 66.7 Å². The van der Waals surface area contributed by atoms with E-state index in [1.54, 1.807) is 19.2 Å². The predicted molar refractivity (Wildman–Crippen MR) is 94.1 cm³/mol. The molecule has 0 amide bonds. The molecule has 1 fully saturated rings. The number of methoxy groups -OCH3 is 1. The number of rotatable bonds is 7. The van der Waals surface area contributed by atoms with Gasteiger partial charge in [0.1, 0.15) is 0 Å². The number of carbonyl (C=O) groups excluding carboxylic acids is 1. The largest absolute Gasteiger partial charge is 0.493 e. The number of carboxylic acid groups (broad SMARTS) is 2. The summed E-state index contributed by atoms with van der Waals surface area (Å²) < 4.78 is 11.0. The molecule has 0 unspecified atom stereocenters. The molecule has 1 saturated heterocycles. The summed E-state index contributed by atoms with van der Waals surface area (Å²) in [5.74, 6) is -2.47. The lowest BCUT2D eigenvalue weighted by atomic mass is 10.1. The van der Waals surface area contributed by atoms with Gasteiger partial charge in [0.25, 0.3) is 0 Å². The SMILES string of the molecule is COc1cccc(C=O)c1OCCCN1CCCCC1.O=C(O)C(=O)O. The standard InChI is InChI=1S/C16H23NO3.C2H2O4/c1-19-15-8-5-7-14(13-18)16(15)20-12-6-11-17-9-3-2-4-10-17;3-1(4)2(5)6/h5,7-8,13H,2-4,6,9-12H2,1H3;(H,3,4)(H,5,6). The van der Waals surface area contributed by atoms with E-state index >= 15 is 0 Å². The molecule has 0 spiro atoms. The summed E-state index contributed by atoms with van der Waals surface area (Å²) in [7, 11) is 1.59. The zero-order valence-electron chi connectivity index (χ0n) is 14.8. The van der Waals surface area contributed by atoms with Crippen molar-refractivity contribution in [2.75, 3.05) is 33.4 Å². The Bertz CT molecular complexity index is 585. The van der Waals surface area contributed by atoms with Crippen LogP contribution in [0.3, 0.4) is 0 Å². The molecule has 0 radical (unpaired) electrons. The number of hydrogen-bond acceptors (Lipinski definition) is 6. The smallest absolute Gasteiger partial charge is 0.414 e. The lowest BCUT2D eigenvalue weighted by Crippen LogP contribution is -2.31. The van der Waals surface area contributed by atoms with E-state index in [0.717, 1.165) is 19.3 Å². The maximum absolute atomic E-state index is 11.0. The fourth-order valence-electron chi connectivity index (χ4n) is 2.59. The Kier molecular flexibility index (Phi) is 9.78. The van der Waals surface area contributed by atoms with E-state index in [0.29, 0.717) is 23.7 Å². The normalized spacial score (nSPS) is 13.9. The van der Waals surface area contributed by atoms with E-state index in [2.05, 4.69) is 4.90 Å². The molecular weight excluding hydrogens is 342 g/mol. The van der Waals surface area contributed by atoms with Gasteiger partial charge in [-0.25, -0.2) is 9.59 Å². The first-order valence-corrected chi connectivity index (χ1v) is 8.43. The molecule has 0 aromatic heterocycles. The Morgan fingerprint density at radius 3 is 2.35 bits per heavy atom. The number of nitrogens with zero attached hydrogens (tertiary/aromatic N) is 1. The van der Waals surface area contributed by atoms with Crippen LogP contribution in [0.4, 0.5) is 0 Å². The van der Waals surface area contributed by atoms with Gasteiger partial charge < -0.3 is 24.6 Å². The molecule has 1 heterocycles. The number of carboxylic acids is 2. The Hall–Kier alpha value is -2.61. The number of aliphatic carboxylic acids is 2. The first-order valence-electron chi connectivity index (χ1n) is 8.43. The average Bonchev–Trinajstić information content (AvgIpc) is 2.66. The van der Waals surface area contributed by atoms with Gasteiger partial charge in [-0.2, -0.15) is 0 Å².